The van der Waals surface area contributed by atoms with E-state index in [9.17, 15) is 4.79 Å². The van der Waals surface area contributed by atoms with Crippen molar-refractivity contribution in [1.29, 1.82) is 0 Å². The van der Waals surface area contributed by atoms with Gasteiger partial charge in [-0.25, -0.2) is 4.79 Å². The van der Waals surface area contributed by atoms with Crippen molar-refractivity contribution < 1.29 is 24.9 Å². The number of carbonyl (C=O) groups excluding carboxylic acids is 1. The first kappa shape index (κ1) is 16.1. The average Bonchev–Trinajstić information content (AvgIpc) is 2.33. The third kappa shape index (κ3) is 4.95. The number of benzene rings is 1. The SMILES string of the molecule is CCC.CCCOC(=O)c1cc(O)c(O)c(O)c1. The van der Waals surface area contributed by atoms with Gasteiger partial charge in [-0.3, -0.25) is 0 Å². The van der Waals surface area contributed by atoms with E-state index in [1.165, 1.54) is 6.42 Å². The molecule has 0 atom stereocenters. The largest absolute Gasteiger partial charge is 0.504 e. The second kappa shape index (κ2) is 8.22. The number of rotatable bonds is 3. The van der Waals surface area contributed by atoms with Gasteiger partial charge in [0.2, 0.25) is 0 Å². The summed E-state index contributed by atoms with van der Waals surface area (Å²) < 4.78 is 4.78. The molecular weight excluding hydrogens is 236 g/mol. The number of phenols is 3. The molecule has 102 valence electrons. The Labute approximate surface area is 107 Å². The lowest BCUT2D eigenvalue weighted by molar-refractivity contribution is 0.0504. The van der Waals surface area contributed by atoms with E-state index in [1.54, 1.807) is 0 Å². The quantitative estimate of drug-likeness (QED) is 0.571. The van der Waals surface area contributed by atoms with E-state index in [0.717, 1.165) is 12.1 Å². The van der Waals surface area contributed by atoms with Crippen LogP contribution in [-0.2, 0) is 4.74 Å². The molecule has 0 saturated heterocycles. The van der Waals surface area contributed by atoms with Gasteiger partial charge in [-0.2, -0.15) is 0 Å². The molecule has 5 heteroatoms. The number of esters is 1. The standard InChI is InChI=1S/C10H12O5.C3H8/c1-2-3-15-10(14)6-4-7(11)9(13)8(12)5-6;1-3-2/h4-5,11-13H,2-3H2,1H3;3H2,1-2H3. The summed E-state index contributed by atoms with van der Waals surface area (Å²) in [5.74, 6) is -2.42. The van der Waals surface area contributed by atoms with E-state index in [0.29, 0.717) is 6.42 Å². The Morgan fingerprint density at radius 1 is 1.11 bits per heavy atom. The summed E-state index contributed by atoms with van der Waals surface area (Å²) in [5, 5.41) is 27.3. The molecule has 0 heterocycles. The lowest BCUT2D eigenvalue weighted by Gasteiger charge is -2.05. The predicted octanol–water partition coefficient (Wildman–Crippen LogP) is 2.79. The Hall–Kier alpha value is -1.91. The number of hydrogen-bond acceptors (Lipinski definition) is 5. The summed E-state index contributed by atoms with van der Waals surface area (Å²) in [7, 11) is 0. The van der Waals surface area contributed by atoms with Crippen molar-refractivity contribution in [2.75, 3.05) is 6.61 Å². The maximum Gasteiger partial charge on any atom is 0.338 e. The highest BCUT2D eigenvalue weighted by Gasteiger charge is 2.13. The molecule has 0 aliphatic rings. The van der Waals surface area contributed by atoms with Crippen LogP contribution < -0.4 is 0 Å². The number of hydrogen-bond donors (Lipinski definition) is 3. The summed E-state index contributed by atoms with van der Waals surface area (Å²) in [6.07, 6.45) is 1.93. The first-order chi connectivity index (χ1) is 8.47. The molecule has 0 aromatic heterocycles. The van der Waals surface area contributed by atoms with Crippen LogP contribution in [0.1, 0.15) is 44.0 Å². The van der Waals surface area contributed by atoms with Crippen LogP contribution in [0.15, 0.2) is 12.1 Å². The topological polar surface area (TPSA) is 87.0 Å². The third-order valence-corrected chi connectivity index (χ3v) is 1.74. The Bertz CT molecular complexity index is 364. The van der Waals surface area contributed by atoms with Gasteiger partial charge in [-0.05, 0) is 18.6 Å². The molecule has 3 N–H and O–H groups in total. The first-order valence-electron chi connectivity index (χ1n) is 5.89. The van der Waals surface area contributed by atoms with Gasteiger partial charge < -0.3 is 20.1 Å². The predicted molar refractivity (Wildman–Crippen MR) is 68.0 cm³/mol. The maximum absolute atomic E-state index is 11.3. The van der Waals surface area contributed by atoms with Crippen molar-refractivity contribution in [3.8, 4) is 17.2 Å². The fourth-order valence-electron chi connectivity index (χ4n) is 1.00. The lowest BCUT2D eigenvalue weighted by atomic mass is 10.2. The van der Waals surface area contributed by atoms with Crippen molar-refractivity contribution in [3.05, 3.63) is 17.7 Å². The second-order valence-corrected chi connectivity index (χ2v) is 3.71. The van der Waals surface area contributed by atoms with Gasteiger partial charge in [0.05, 0.1) is 12.2 Å². The molecule has 1 rings (SSSR count). The number of aromatic hydroxyl groups is 3. The van der Waals surface area contributed by atoms with Crippen LogP contribution in [0.25, 0.3) is 0 Å². The van der Waals surface area contributed by atoms with Crippen molar-refractivity contribution in [2.45, 2.75) is 33.6 Å². The zero-order valence-corrected chi connectivity index (χ0v) is 10.9. The first-order valence-corrected chi connectivity index (χ1v) is 5.89. The summed E-state index contributed by atoms with van der Waals surface area (Å²) in [6, 6.07) is 2.07. The van der Waals surface area contributed by atoms with Crippen molar-refractivity contribution in [2.24, 2.45) is 0 Å². The van der Waals surface area contributed by atoms with Gasteiger partial charge in [-0.15, -0.1) is 0 Å². The third-order valence-electron chi connectivity index (χ3n) is 1.74. The number of phenolic OH excluding ortho intramolecular Hbond substituents is 3. The molecule has 0 spiro atoms. The summed E-state index contributed by atoms with van der Waals surface area (Å²) in [4.78, 5) is 11.3. The van der Waals surface area contributed by atoms with Crippen LogP contribution in [0.5, 0.6) is 17.2 Å². The molecule has 0 amide bonds. The maximum atomic E-state index is 11.3. The summed E-state index contributed by atoms with van der Waals surface area (Å²) >= 11 is 0. The van der Waals surface area contributed by atoms with Crippen LogP contribution in [0.4, 0.5) is 0 Å². The summed E-state index contributed by atoms with van der Waals surface area (Å²) in [6.45, 7) is 6.36. The molecule has 0 radical (unpaired) electrons. The molecule has 0 aliphatic carbocycles. The highest BCUT2D eigenvalue weighted by molar-refractivity contribution is 5.91. The molecule has 0 unspecified atom stereocenters. The summed E-state index contributed by atoms with van der Waals surface area (Å²) in [5.41, 5.74) is -0.00347. The van der Waals surface area contributed by atoms with Gasteiger partial charge in [0.1, 0.15) is 0 Å². The van der Waals surface area contributed by atoms with Crippen LogP contribution in [0.2, 0.25) is 0 Å². The zero-order chi connectivity index (χ0) is 14.1. The normalized spacial score (nSPS) is 9.28. The van der Waals surface area contributed by atoms with E-state index in [2.05, 4.69) is 13.8 Å². The minimum absolute atomic E-state index is 0.00347. The van der Waals surface area contributed by atoms with Gasteiger partial charge in [-0.1, -0.05) is 27.2 Å². The fourth-order valence-corrected chi connectivity index (χ4v) is 1.00. The van der Waals surface area contributed by atoms with Crippen LogP contribution in [0, 0.1) is 0 Å². The van der Waals surface area contributed by atoms with Crippen LogP contribution in [-0.4, -0.2) is 27.9 Å². The average molecular weight is 256 g/mol. The Balaban J connectivity index is 0.000000873. The van der Waals surface area contributed by atoms with Crippen molar-refractivity contribution in [3.63, 3.8) is 0 Å². The van der Waals surface area contributed by atoms with Crippen molar-refractivity contribution >= 4 is 5.97 Å². The van der Waals surface area contributed by atoms with Crippen molar-refractivity contribution in [1.82, 2.24) is 0 Å². The molecule has 0 fully saturated rings. The molecule has 1 aromatic rings. The monoisotopic (exact) mass is 256 g/mol. The van der Waals surface area contributed by atoms with E-state index < -0.39 is 23.2 Å². The molecular formula is C13H20O5. The molecule has 1 aromatic carbocycles. The van der Waals surface area contributed by atoms with E-state index >= 15 is 0 Å². The van der Waals surface area contributed by atoms with Gasteiger partial charge in [0.25, 0.3) is 0 Å². The van der Waals surface area contributed by atoms with E-state index in [4.69, 9.17) is 20.1 Å². The highest BCUT2D eigenvalue weighted by atomic mass is 16.5. The number of ether oxygens (including phenoxy) is 1. The van der Waals surface area contributed by atoms with Gasteiger partial charge >= 0.3 is 5.97 Å². The van der Waals surface area contributed by atoms with E-state index in [1.807, 2.05) is 6.92 Å². The fraction of sp³-hybridized carbons (Fsp3) is 0.462. The zero-order valence-electron chi connectivity index (χ0n) is 10.9. The van der Waals surface area contributed by atoms with Crippen LogP contribution >= 0.6 is 0 Å². The Morgan fingerprint density at radius 3 is 1.94 bits per heavy atom. The van der Waals surface area contributed by atoms with E-state index in [-0.39, 0.29) is 12.2 Å². The van der Waals surface area contributed by atoms with Crippen LogP contribution in [0.3, 0.4) is 0 Å². The lowest BCUT2D eigenvalue weighted by Crippen LogP contribution is -2.05. The van der Waals surface area contributed by atoms with Gasteiger partial charge in [0.15, 0.2) is 17.2 Å². The molecule has 5 nitrogen and oxygen atoms in total. The molecule has 0 saturated carbocycles. The Kier molecular flexibility index (Phi) is 7.35. The molecule has 18 heavy (non-hydrogen) atoms. The highest BCUT2D eigenvalue weighted by Crippen LogP contribution is 2.35. The minimum atomic E-state index is -0.651. The molecule has 0 bridgehead atoms. The minimum Gasteiger partial charge on any atom is -0.504 e. The Morgan fingerprint density at radius 2 is 1.56 bits per heavy atom. The van der Waals surface area contributed by atoms with Gasteiger partial charge in [0, 0.05) is 0 Å². The second-order valence-electron chi connectivity index (χ2n) is 3.71. The number of carbonyl (C=O) groups is 1. The molecule has 0 aliphatic heterocycles. The smallest absolute Gasteiger partial charge is 0.338 e.